The van der Waals surface area contributed by atoms with Crippen molar-refractivity contribution in [3.63, 3.8) is 0 Å². The van der Waals surface area contributed by atoms with Crippen molar-refractivity contribution in [2.24, 2.45) is 5.73 Å². The summed E-state index contributed by atoms with van der Waals surface area (Å²) in [5, 5.41) is 2.05. The number of amides is 2. The third-order valence-electron chi connectivity index (χ3n) is 2.34. The second-order valence-electron chi connectivity index (χ2n) is 3.26. The van der Waals surface area contributed by atoms with Gasteiger partial charge in [0.2, 0.25) is 11.8 Å². The summed E-state index contributed by atoms with van der Waals surface area (Å²) in [6, 6.07) is -0.507. The van der Waals surface area contributed by atoms with Crippen LogP contribution < -0.4 is 5.73 Å². The molecule has 2 aliphatic rings. The minimum absolute atomic E-state index is 0.0220. The molecule has 0 aliphatic carbocycles. The van der Waals surface area contributed by atoms with Gasteiger partial charge in [0, 0.05) is 0 Å². The van der Waals surface area contributed by atoms with Gasteiger partial charge in [0.15, 0.2) is 0 Å². The molecule has 2 N–H and O–H groups in total. The molecule has 0 saturated carbocycles. The van der Waals surface area contributed by atoms with E-state index in [1.165, 1.54) is 0 Å². The van der Waals surface area contributed by atoms with E-state index in [1.54, 1.807) is 16.7 Å². The number of carbonyl (C=O) groups is 2. The lowest BCUT2D eigenvalue weighted by atomic mass is 10.0. The van der Waals surface area contributed by atoms with Crippen molar-refractivity contribution in [2.45, 2.75) is 24.8 Å². The van der Waals surface area contributed by atoms with Crippen molar-refractivity contribution in [2.75, 3.05) is 0 Å². The van der Waals surface area contributed by atoms with E-state index < -0.39 is 11.9 Å². The Bertz CT molecular complexity index is 313. The fourth-order valence-electron chi connectivity index (χ4n) is 1.66. The Morgan fingerprint density at radius 1 is 1.77 bits per heavy atom. The number of hydrogen-bond donors (Lipinski definition) is 1. The first-order valence-corrected chi connectivity index (χ1v) is 4.98. The second kappa shape index (κ2) is 2.77. The Morgan fingerprint density at radius 3 is 2.92 bits per heavy atom. The van der Waals surface area contributed by atoms with E-state index >= 15 is 0 Å². The minimum atomic E-state index is -0.507. The first-order chi connectivity index (χ1) is 6.11. The lowest BCUT2D eigenvalue weighted by molar-refractivity contribution is -0.148. The Balaban J connectivity index is 2.30. The molecule has 0 aromatic heterocycles. The maximum Gasteiger partial charge on any atom is 0.244 e. The van der Waals surface area contributed by atoms with Gasteiger partial charge in [-0.05, 0) is 17.9 Å². The Morgan fingerprint density at radius 2 is 2.46 bits per heavy atom. The second-order valence-corrected chi connectivity index (χ2v) is 4.31. The molecule has 1 fully saturated rings. The standard InChI is InChI=1S/C8H10N2O2S/c1-4-3-13-6-2-5(11)10(6)7(4)8(9)12/h3,6-7H,2H2,1H3,(H2,9,12)/t6-,7?/m1/s1. The highest BCUT2D eigenvalue weighted by Gasteiger charge is 2.45. The quantitative estimate of drug-likeness (QED) is 0.605. The number of fused-ring (bicyclic) bond motifs is 1. The monoisotopic (exact) mass is 198 g/mol. The molecule has 0 aromatic rings. The summed E-state index contributed by atoms with van der Waals surface area (Å²) in [4.78, 5) is 23.9. The fourth-order valence-corrected chi connectivity index (χ4v) is 2.77. The zero-order valence-corrected chi connectivity index (χ0v) is 8.00. The number of hydrogen-bond acceptors (Lipinski definition) is 3. The molecule has 0 aromatic carbocycles. The van der Waals surface area contributed by atoms with Crippen molar-refractivity contribution >= 4 is 23.6 Å². The van der Waals surface area contributed by atoms with Gasteiger partial charge in [-0.15, -0.1) is 11.8 Å². The minimum Gasteiger partial charge on any atom is -0.368 e. The number of carbonyl (C=O) groups excluding carboxylic acids is 2. The Kier molecular flexibility index (Phi) is 1.83. The molecule has 2 rings (SSSR count). The molecule has 1 saturated heterocycles. The normalized spacial score (nSPS) is 31.9. The average Bonchev–Trinajstić information content (AvgIpc) is 2.05. The van der Waals surface area contributed by atoms with Crippen molar-refractivity contribution in [1.82, 2.24) is 4.90 Å². The maximum absolute atomic E-state index is 11.2. The smallest absolute Gasteiger partial charge is 0.244 e. The first-order valence-electron chi connectivity index (χ1n) is 4.04. The van der Waals surface area contributed by atoms with E-state index in [0.29, 0.717) is 6.42 Å². The van der Waals surface area contributed by atoms with E-state index in [9.17, 15) is 9.59 Å². The van der Waals surface area contributed by atoms with Crippen LogP contribution in [0.2, 0.25) is 0 Å². The SMILES string of the molecule is CC1=CS[C@@H]2CC(=O)N2C1C(N)=O. The van der Waals surface area contributed by atoms with Crippen LogP contribution in [-0.4, -0.2) is 28.1 Å². The summed E-state index contributed by atoms with van der Waals surface area (Å²) in [5.41, 5.74) is 6.09. The van der Waals surface area contributed by atoms with Crippen molar-refractivity contribution in [3.05, 3.63) is 11.0 Å². The summed E-state index contributed by atoms with van der Waals surface area (Å²) >= 11 is 1.58. The van der Waals surface area contributed by atoms with E-state index in [4.69, 9.17) is 5.73 Å². The molecular weight excluding hydrogens is 188 g/mol. The van der Waals surface area contributed by atoms with Crippen LogP contribution in [0.3, 0.4) is 0 Å². The summed E-state index contributed by atoms with van der Waals surface area (Å²) in [6.07, 6.45) is 0.526. The van der Waals surface area contributed by atoms with Crippen LogP contribution in [0.25, 0.3) is 0 Å². The van der Waals surface area contributed by atoms with E-state index in [0.717, 1.165) is 5.57 Å². The van der Waals surface area contributed by atoms with Gasteiger partial charge in [0.1, 0.15) is 6.04 Å². The Hall–Kier alpha value is -0.970. The fraction of sp³-hybridized carbons (Fsp3) is 0.500. The molecule has 2 atom stereocenters. The molecule has 2 aliphatic heterocycles. The summed E-state index contributed by atoms with van der Waals surface area (Å²) in [6.45, 7) is 1.82. The molecule has 70 valence electrons. The third kappa shape index (κ3) is 1.14. The number of primary amides is 1. The lowest BCUT2D eigenvalue weighted by Gasteiger charge is -2.46. The first kappa shape index (κ1) is 8.62. The molecule has 2 amide bonds. The zero-order valence-electron chi connectivity index (χ0n) is 7.19. The lowest BCUT2D eigenvalue weighted by Crippen LogP contribution is -2.61. The van der Waals surface area contributed by atoms with Crippen LogP contribution in [0, 0.1) is 0 Å². The largest absolute Gasteiger partial charge is 0.368 e. The van der Waals surface area contributed by atoms with Gasteiger partial charge in [-0.1, -0.05) is 0 Å². The highest BCUT2D eigenvalue weighted by atomic mass is 32.2. The van der Waals surface area contributed by atoms with E-state index in [2.05, 4.69) is 0 Å². The molecule has 1 unspecified atom stereocenters. The molecule has 0 radical (unpaired) electrons. The van der Waals surface area contributed by atoms with Gasteiger partial charge < -0.3 is 10.6 Å². The van der Waals surface area contributed by atoms with Gasteiger partial charge in [-0.2, -0.15) is 0 Å². The van der Waals surface area contributed by atoms with E-state index in [-0.39, 0.29) is 11.3 Å². The van der Waals surface area contributed by atoms with Crippen LogP contribution in [0.15, 0.2) is 11.0 Å². The van der Waals surface area contributed by atoms with Gasteiger partial charge in [-0.25, -0.2) is 0 Å². The molecule has 4 nitrogen and oxygen atoms in total. The predicted octanol–water partition coefficient (Wildman–Crippen LogP) is 0.0493. The maximum atomic E-state index is 11.2. The van der Waals surface area contributed by atoms with Gasteiger partial charge >= 0.3 is 0 Å². The van der Waals surface area contributed by atoms with Crippen molar-refractivity contribution in [3.8, 4) is 0 Å². The van der Waals surface area contributed by atoms with Crippen molar-refractivity contribution in [1.29, 1.82) is 0 Å². The number of nitrogens with zero attached hydrogens (tertiary/aromatic N) is 1. The highest BCUT2D eigenvalue weighted by molar-refractivity contribution is 8.02. The molecule has 2 heterocycles. The molecular formula is C8H10N2O2S. The summed E-state index contributed by atoms with van der Waals surface area (Å²) < 4.78 is 0. The zero-order chi connectivity index (χ0) is 9.59. The predicted molar refractivity (Wildman–Crippen MR) is 49.6 cm³/mol. The van der Waals surface area contributed by atoms with Crippen LogP contribution in [0.4, 0.5) is 0 Å². The van der Waals surface area contributed by atoms with Gasteiger partial charge in [0.25, 0.3) is 0 Å². The van der Waals surface area contributed by atoms with Crippen LogP contribution >= 0.6 is 11.8 Å². The highest BCUT2D eigenvalue weighted by Crippen LogP contribution is 2.38. The van der Waals surface area contributed by atoms with Gasteiger partial charge in [0.05, 0.1) is 11.8 Å². The Labute approximate surface area is 80.1 Å². The van der Waals surface area contributed by atoms with Crippen LogP contribution in [0.1, 0.15) is 13.3 Å². The van der Waals surface area contributed by atoms with Crippen LogP contribution in [-0.2, 0) is 9.59 Å². The number of nitrogens with two attached hydrogens (primary N) is 1. The van der Waals surface area contributed by atoms with Gasteiger partial charge in [-0.3, -0.25) is 9.59 Å². The molecule has 0 spiro atoms. The third-order valence-corrected chi connectivity index (χ3v) is 3.55. The molecule has 5 heteroatoms. The molecule has 13 heavy (non-hydrogen) atoms. The topological polar surface area (TPSA) is 63.4 Å². The number of thioether (sulfide) groups is 1. The van der Waals surface area contributed by atoms with Crippen LogP contribution in [0.5, 0.6) is 0 Å². The number of rotatable bonds is 1. The average molecular weight is 198 g/mol. The van der Waals surface area contributed by atoms with Crippen molar-refractivity contribution < 1.29 is 9.59 Å². The summed E-state index contributed by atoms with van der Waals surface area (Å²) in [7, 11) is 0. The number of β-lactam (4-membered cyclic amide) rings is 1. The van der Waals surface area contributed by atoms with E-state index in [1.807, 2.05) is 12.3 Å². The summed E-state index contributed by atoms with van der Waals surface area (Å²) in [5.74, 6) is -0.416. The molecule has 0 bridgehead atoms.